The van der Waals surface area contributed by atoms with E-state index < -0.39 is 12.6 Å². The Labute approximate surface area is 101 Å². The number of hydrogen-bond acceptors (Lipinski definition) is 2. The summed E-state index contributed by atoms with van der Waals surface area (Å²) in [6.07, 6.45) is -0.600. The van der Waals surface area contributed by atoms with E-state index in [1.807, 2.05) is 6.92 Å². The Bertz CT molecular complexity index is 220. The molecular weight excluding hydrogens is 231 g/mol. The molecule has 2 N–H and O–H groups in total. The standard InChI is InChI=1S/C12H22F3NO/c1-9(5-4-8-12(13,14)15)16-10-6-2-3-7-11(10)17/h9-11,16-17H,2-8H2,1H3. The Morgan fingerprint density at radius 2 is 1.94 bits per heavy atom. The molecule has 0 aromatic heterocycles. The fraction of sp³-hybridized carbons (Fsp3) is 1.00. The molecule has 1 aliphatic carbocycles. The van der Waals surface area contributed by atoms with Gasteiger partial charge >= 0.3 is 6.18 Å². The number of halogens is 3. The van der Waals surface area contributed by atoms with Crippen LogP contribution in [-0.2, 0) is 0 Å². The van der Waals surface area contributed by atoms with E-state index in [-0.39, 0.29) is 24.6 Å². The molecule has 2 nitrogen and oxygen atoms in total. The molecule has 0 saturated heterocycles. The molecule has 0 spiro atoms. The van der Waals surface area contributed by atoms with Crippen molar-refractivity contribution in [3.8, 4) is 0 Å². The predicted molar refractivity (Wildman–Crippen MR) is 60.8 cm³/mol. The van der Waals surface area contributed by atoms with Crippen LogP contribution in [0, 0.1) is 0 Å². The molecule has 0 aromatic rings. The van der Waals surface area contributed by atoms with E-state index >= 15 is 0 Å². The zero-order valence-corrected chi connectivity index (χ0v) is 10.3. The van der Waals surface area contributed by atoms with Crippen molar-refractivity contribution in [2.24, 2.45) is 0 Å². The van der Waals surface area contributed by atoms with Gasteiger partial charge in [0.05, 0.1) is 6.10 Å². The lowest BCUT2D eigenvalue weighted by Crippen LogP contribution is -2.46. The molecule has 17 heavy (non-hydrogen) atoms. The molecular formula is C12H22F3NO. The van der Waals surface area contributed by atoms with Crippen LogP contribution in [0.4, 0.5) is 13.2 Å². The lowest BCUT2D eigenvalue weighted by atomic mass is 9.92. The Kier molecular flexibility index (Phi) is 5.73. The van der Waals surface area contributed by atoms with Crippen molar-refractivity contribution in [2.45, 2.75) is 76.2 Å². The second-order valence-electron chi connectivity index (χ2n) is 5.03. The van der Waals surface area contributed by atoms with E-state index in [9.17, 15) is 18.3 Å². The highest BCUT2D eigenvalue weighted by atomic mass is 19.4. The van der Waals surface area contributed by atoms with Crippen LogP contribution < -0.4 is 5.32 Å². The van der Waals surface area contributed by atoms with Crippen LogP contribution in [0.1, 0.15) is 51.9 Å². The van der Waals surface area contributed by atoms with Crippen LogP contribution in [0.3, 0.4) is 0 Å². The summed E-state index contributed by atoms with van der Waals surface area (Å²) >= 11 is 0. The lowest BCUT2D eigenvalue weighted by molar-refractivity contribution is -0.135. The van der Waals surface area contributed by atoms with Crippen molar-refractivity contribution in [3.05, 3.63) is 0 Å². The molecule has 0 radical (unpaired) electrons. The van der Waals surface area contributed by atoms with Gasteiger partial charge in [0.15, 0.2) is 0 Å². The monoisotopic (exact) mass is 253 g/mol. The molecule has 0 amide bonds. The van der Waals surface area contributed by atoms with Crippen molar-refractivity contribution in [1.29, 1.82) is 0 Å². The van der Waals surface area contributed by atoms with Crippen molar-refractivity contribution in [3.63, 3.8) is 0 Å². The van der Waals surface area contributed by atoms with Crippen molar-refractivity contribution < 1.29 is 18.3 Å². The summed E-state index contributed by atoms with van der Waals surface area (Å²) in [5.41, 5.74) is 0. The number of nitrogens with one attached hydrogen (secondary N) is 1. The first kappa shape index (κ1) is 14.8. The van der Waals surface area contributed by atoms with E-state index in [0.29, 0.717) is 6.42 Å². The minimum absolute atomic E-state index is 0.0371. The zero-order valence-electron chi connectivity index (χ0n) is 10.3. The van der Waals surface area contributed by atoms with Crippen molar-refractivity contribution in [2.75, 3.05) is 0 Å². The fourth-order valence-electron chi connectivity index (χ4n) is 2.36. The molecule has 3 unspecified atom stereocenters. The highest BCUT2D eigenvalue weighted by Crippen LogP contribution is 2.23. The highest BCUT2D eigenvalue weighted by Gasteiger charge is 2.27. The molecule has 1 aliphatic rings. The number of alkyl halides is 3. The maximum Gasteiger partial charge on any atom is 0.389 e. The maximum absolute atomic E-state index is 12.0. The highest BCUT2D eigenvalue weighted by molar-refractivity contribution is 4.82. The predicted octanol–water partition coefficient (Wildman–Crippen LogP) is 3.00. The SMILES string of the molecule is CC(CCCC(F)(F)F)NC1CCCCC1O. The van der Waals surface area contributed by atoms with Crippen LogP contribution in [0.2, 0.25) is 0 Å². The smallest absolute Gasteiger partial charge is 0.389 e. The van der Waals surface area contributed by atoms with Crippen LogP contribution in [-0.4, -0.2) is 29.5 Å². The maximum atomic E-state index is 12.0. The van der Waals surface area contributed by atoms with Gasteiger partial charge in [-0.3, -0.25) is 0 Å². The summed E-state index contributed by atoms with van der Waals surface area (Å²) < 4.78 is 35.9. The molecule has 1 fully saturated rings. The minimum atomic E-state index is -4.05. The normalized spacial score (nSPS) is 28.1. The first-order valence-electron chi connectivity index (χ1n) is 6.39. The molecule has 0 bridgehead atoms. The van der Waals surface area contributed by atoms with Crippen LogP contribution in [0.15, 0.2) is 0 Å². The van der Waals surface area contributed by atoms with Gasteiger partial charge in [0.2, 0.25) is 0 Å². The number of aliphatic hydroxyl groups is 1. The first-order valence-corrected chi connectivity index (χ1v) is 6.39. The van der Waals surface area contributed by atoms with Gasteiger partial charge in [-0.15, -0.1) is 0 Å². The summed E-state index contributed by atoms with van der Waals surface area (Å²) in [5, 5.41) is 13.0. The van der Waals surface area contributed by atoms with Crippen LogP contribution in [0.5, 0.6) is 0 Å². The van der Waals surface area contributed by atoms with Crippen LogP contribution in [0.25, 0.3) is 0 Å². The van der Waals surface area contributed by atoms with Crippen molar-refractivity contribution in [1.82, 2.24) is 5.32 Å². The van der Waals surface area contributed by atoms with Gasteiger partial charge in [0.1, 0.15) is 0 Å². The fourth-order valence-corrected chi connectivity index (χ4v) is 2.36. The summed E-state index contributed by atoms with van der Waals surface area (Å²) in [6.45, 7) is 1.89. The second-order valence-corrected chi connectivity index (χ2v) is 5.03. The van der Waals surface area contributed by atoms with Crippen LogP contribution >= 0.6 is 0 Å². The number of hydrogen-bond donors (Lipinski definition) is 2. The average molecular weight is 253 g/mol. The summed E-state index contributed by atoms with van der Waals surface area (Å²) in [6, 6.07) is 0.0970. The van der Waals surface area contributed by atoms with Gasteiger partial charge in [0, 0.05) is 18.5 Å². The largest absolute Gasteiger partial charge is 0.392 e. The summed E-state index contributed by atoms with van der Waals surface area (Å²) in [4.78, 5) is 0. The molecule has 0 aliphatic heterocycles. The van der Waals surface area contributed by atoms with Gasteiger partial charge in [-0.2, -0.15) is 13.2 Å². The summed E-state index contributed by atoms with van der Waals surface area (Å²) in [5.74, 6) is 0. The first-order chi connectivity index (χ1) is 7.88. The van der Waals surface area contributed by atoms with Gasteiger partial charge in [-0.25, -0.2) is 0 Å². The Morgan fingerprint density at radius 3 is 2.53 bits per heavy atom. The number of aliphatic hydroxyl groups excluding tert-OH is 1. The topological polar surface area (TPSA) is 32.3 Å². The van der Waals surface area contributed by atoms with E-state index in [0.717, 1.165) is 25.7 Å². The van der Waals surface area contributed by atoms with Gasteiger partial charge in [-0.1, -0.05) is 12.8 Å². The third-order valence-electron chi connectivity index (χ3n) is 3.33. The molecule has 102 valence electrons. The van der Waals surface area contributed by atoms with Gasteiger partial charge < -0.3 is 10.4 Å². The molecule has 0 heterocycles. The Balaban J connectivity index is 2.17. The molecule has 1 saturated carbocycles. The number of rotatable bonds is 5. The van der Waals surface area contributed by atoms with E-state index in [4.69, 9.17) is 0 Å². The van der Waals surface area contributed by atoms with Crippen molar-refractivity contribution >= 4 is 0 Å². The molecule has 5 heteroatoms. The molecule has 0 aromatic carbocycles. The van der Waals surface area contributed by atoms with Gasteiger partial charge in [-0.05, 0) is 32.6 Å². The summed E-state index contributed by atoms with van der Waals surface area (Å²) in [7, 11) is 0. The lowest BCUT2D eigenvalue weighted by Gasteiger charge is -2.31. The van der Waals surface area contributed by atoms with E-state index in [2.05, 4.69) is 5.32 Å². The Hall–Kier alpha value is -0.290. The minimum Gasteiger partial charge on any atom is -0.392 e. The average Bonchev–Trinajstić information content (AvgIpc) is 2.19. The Morgan fingerprint density at radius 1 is 1.29 bits per heavy atom. The third-order valence-corrected chi connectivity index (χ3v) is 3.33. The molecule has 1 rings (SSSR count). The third kappa shape index (κ3) is 6.27. The quantitative estimate of drug-likeness (QED) is 0.789. The molecule has 3 atom stereocenters. The van der Waals surface area contributed by atoms with E-state index in [1.165, 1.54) is 0 Å². The van der Waals surface area contributed by atoms with E-state index in [1.54, 1.807) is 0 Å². The second kappa shape index (κ2) is 6.59. The van der Waals surface area contributed by atoms with Gasteiger partial charge in [0.25, 0.3) is 0 Å². The zero-order chi connectivity index (χ0) is 12.9.